The van der Waals surface area contributed by atoms with Crippen molar-refractivity contribution in [2.24, 2.45) is 0 Å². The van der Waals surface area contributed by atoms with Crippen LogP contribution in [-0.4, -0.2) is 24.8 Å². The maximum absolute atomic E-state index is 12.0. The van der Waals surface area contributed by atoms with Gasteiger partial charge in [-0.2, -0.15) is 5.26 Å². The van der Waals surface area contributed by atoms with Crippen LogP contribution in [0.5, 0.6) is 0 Å². The maximum atomic E-state index is 12.0. The van der Waals surface area contributed by atoms with Crippen molar-refractivity contribution in [3.8, 4) is 6.07 Å². The Morgan fingerprint density at radius 3 is 2.52 bits per heavy atom. The summed E-state index contributed by atoms with van der Waals surface area (Å²) in [5, 5.41) is 12.0. The Bertz CT molecular complexity index is 623. The van der Waals surface area contributed by atoms with E-state index >= 15 is 0 Å². The van der Waals surface area contributed by atoms with Gasteiger partial charge in [-0.25, -0.2) is 4.79 Å². The summed E-state index contributed by atoms with van der Waals surface area (Å²) < 4.78 is 5.25. The molecule has 0 bridgehead atoms. The molecule has 1 aromatic carbocycles. The van der Waals surface area contributed by atoms with Crippen molar-refractivity contribution < 1.29 is 9.53 Å². The number of ether oxygens (including phenoxy) is 1. The lowest BCUT2D eigenvalue weighted by molar-refractivity contribution is 0.0636. The van der Waals surface area contributed by atoms with E-state index in [1.54, 1.807) is 32.9 Å². The van der Waals surface area contributed by atoms with Gasteiger partial charge in [0.15, 0.2) is 0 Å². The number of nitriles is 1. The van der Waals surface area contributed by atoms with Crippen LogP contribution in [0.15, 0.2) is 12.1 Å². The molecular weight excluding hydrogens is 292 g/mol. The third kappa shape index (κ3) is 4.52. The monoisotopic (exact) mass is 316 g/mol. The SMILES string of the molecule is CC(C)(C)OC(=O)Nc1cc(N2CCCCC2)c(C#N)cc1N. The summed E-state index contributed by atoms with van der Waals surface area (Å²) >= 11 is 0. The van der Waals surface area contributed by atoms with Gasteiger partial charge in [-0.05, 0) is 52.2 Å². The minimum absolute atomic E-state index is 0.355. The van der Waals surface area contributed by atoms with Crippen molar-refractivity contribution in [2.75, 3.05) is 29.0 Å². The molecular formula is C17H24N4O2. The fourth-order valence-electron chi connectivity index (χ4n) is 2.61. The predicted octanol–water partition coefficient (Wildman–Crippen LogP) is 3.48. The fourth-order valence-corrected chi connectivity index (χ4v) is 2.61. The minimum Gasteiger partial charge on any atom is -0.444 e. The van der Waals surface area contributed by atoms with Gasteiger partial charge in [0.05, 0.1) is 22.6 Å². The third-order valence-corrected chi connectivity index (χ3v) is 3.62. The molecule has 0 unspecified atom stereocenters. The van der Waals surface area contributed by atoms with E-state index in [0.717, 1.165) is 31.6 Å². The highest BCUT2D eigenvalue weighted by molar-refractivity contribution is 5.91. The molecule has 6 nitrogen and oxygen atoms in total. The van der Waals surface area contributed by atoms with Crippen molar-refractivity contribution in [2.45, 2.75) is 45.6 Å². The van der Waals surface area contributed by atoms with E-state index in [1.807, 2.05) is 0 Å². The normalized spacial score (nSPS) is 15.0. The summed E-state index contributed by atoms with van der Waals surface area (Å²) in [6.45, 7) is 7.21. The average molecular weight is 316 g/mol. The average Bonchev–Trinajstić information content (AvgIpc) is 2.48. The second-order valence-corrected chi connectivity index (χ2v) is 6.74. The molecule has 2 rings (SSSR count). The number of rotatable bonds is 2. The van der Waals surface area contributed by atoms with Crippen molar-refractivity contribution in [3.63, 3.8) is 0 Å². The summed E-state index contributed by atoms with van der Waals surface area (Å²) in [5.74, 6) is 0. The van der Waals surface area contributed by atoms with Crippen LogP contribution < -0.4 is 16.0 Å². The number of nitrogen functional groups attached to an aromatic ring is 1. The van der Waals surface area contributed by atoms with E-state index in [1.165, 1.54) is 6.42 Å². The van der Waals surface area contributed by atoms with Crippen LogP contribution >= 0.6 is 0 Å². The Morgan fingerprint density at radius 1 is 1.30 bits per heavy atom. The first-order chi connectivity index (χ1) is 10.8. The first-order valence-electron chi connectivity index (χ1n) is 7.89. The number of nitrogens with one attached hydrogen (secondary N) is 1. The Balaban J connectivity index is 2.26. The van der Waals surface area contributed by atoms with E-state index in [9.17, 15) is 10.1 Å². The summed E-state index contributed by atoms with van der Waals surface area (Å²) in [7, 11) is 0. The molecule has 6 heteroatoms. The topological polar surface area (TPSA) is 91.4 Å². The lowest BCUT2D eigenvalue weighted by Crippen LogP contribution is -2.30. The number of anilines is 3. The molecule has 0 aliphatic carbocycles. The molecule has 23 heavy (non-hydrogen) atoms. The third-order valence-electron chi connectivity index (χ3n) is 3.62. The molecule has 1 saturated heterocycles. The smallest absolute Gasteiger partial charge is 0.412 e. The maximum Gasteiger partial charge on any atom is 0.412 e. The van der Waals surface area contributed by atoms with E-state index in [2.05, 4.69) is 16.3 Å². The number of amides is 1. The number of hydrogen-bond donors (Lipinski definition) is 2. The number of carbonyl (C=O) groups is 1. The number of nitrogens with zero attached hydrogens (tertiary/aromatic N) is 2. The number of benzene rings is 1. The molecule has 0 aromatic heterocycles. The van der Waals surface area contributed by atoms with Gasteiger partial charge in [-0.15, -0.1) is 0 Å². The molecule has 0 saturated carbocycles. The Hall–Kier alpha value is -2.42. The van der Waals surface area contributed by atoms with Gasteiger partial charge in [0.1, 0.15) is 11.7 Å². The zero-order valence-electron chi connectivity index (χ0n) is 14.0. The highest BCUT2D eigenvalue weighted by Gasteiger charge is 2.20. The van der Waals surface area contributed by atoms with Crippen molar-refractivity contribution in [3.05, 3.63) is 17.7 Å². The van der Waals surface area contributed by atoms with Crippen LogP contribution in [0.2, 0.25) is 0 Å². The van der Waals surface area contributed by atoms with Gasteiger partial charge < -0.3 is 15.4 Å². The number of nitrogens with two attached hydrogens (primary N) is 1. The zero-order chi connectivity index (χ0) is 17.0. The standard InChI is InChI=1S/C17H24N4O2/c1-17(2,3)23-16(22)20-14-10-15(12(11-18)9-13(14)19)21-7-5-4-6-8-21/h9-10H,4-8,19H2,1-3H3,(H,20,22). The number of carbonyl (C=O) groups excluding carboxylic acids is 1. The van der Waals surface area contributed by atoms with Gasteiger partial charge in [0, 0.05) is 13.1 Å². The Morgan fingerprint density at radius 2 is 1.96 bits per heavy atom. The molecule has 1 aliphatic heterocycles. The molecule has 1 amide bonds. The minimum atomic E-state index is -0.582. The first-order valence-corrected chi connectivity index (χ1v) is 7.89. The van der Waals surface area contributed by atoms with Crippen LogP contribution in [0.3, 0.4) is 0 Å². The van der Waals surface area contributed by atoms with Gasteiger partial charge in [0.2, 0.25) is 0 Å². The second-order valence-electron chi connectivity index (χ2n) is 6.74. The molecule has 1 heterocycles. The van der Waals surface area contributed by atoms with Gasteiger partial charge >= 0.3 is 6.09 Å². The second kappa shape index (κ2) is 6.78. The molecule has 0 radical (unpaired) electrons. The van der Waals surface area contributed by atoms with E-state index in [4.69, 9.17) is 10.5 Å². The van der Waals surface area contributed by atoms with Crippen molar-refractivity contribution >= 4 is 23.2 Å². The molecule has 1 fully saturated rings. The lowest BCUT2D eigenvalue weighted by Gasteiger charge is -2.30. The van der Waals surface area contributed by atoms with Gasteiger partial charge in [0.25, 0.3) is 0 Å². The van der Waals surface area contributed by atoms with Crippen LogP contribution in [0, 0.1) is 11.3 Å². The van der Waals surface area contributed by atoms with Crippen LogP contribution in [0.25, 0.3) is 0 Å². The molecule has 0 spiro atoms. The lowest BCUT2D eigenvalue weighted by atomic mass is 10.1. The first kappa shape index (κ1) is 16.9. The summed E-state index contributed by atoms with van der Waals surface area (Å²) in [5.41, 5.74) is 7.55. The number of hydrogen-bond acceptors (Lipinski definition) is 5. The Kier molecular flexibility index (Phi) is 4.99. The van der Waals surface area contributed by atoms with E-state index in [-0.39, 0.29) is 0 Å². The molecule has 0 atom stereocenters. The molecule has 1 aliphatic rings. The fraction of sp³-hybridized carbons (Fsp3) is 0.529. The highest BCUT2D eigenvalue weighted by Crippen LogP contribution is 2.31. The van der Waals surface area contributed by atoms with Crippen LogP contribution in [0.1, 0.15) is 45.6 Å². The summed E-state index contributed by atoms with van der Waals surface area (Å²) in [6.07, 6.45) is 2.85. The van der Waals surface area contributed by atoms with Gasteiger partial charge in [-0.1, -0.05) is 0 Å². The summed E-state index contributed by atoms with van der Waals surface area (Å²) in [4.78, 5) is 14.1. The van der Waals surface area contributed by atoms with Gasteiger partial charge in [-0.3, -0.25) is 5.32 Å². The zero-order valence-corrected chi connectivity index (χ0v) is 14.0. The number of piperidine rings is 1. The summed E-state index contributed by atoms with van der Waals surface area (Å²) in [6, 6.07) is 5.56. The highest BCUT2D eigenvalue weighted by atomic mass is 16.6. The predicted molar refractivity (Wildman–Crippen MR) is 91.5 cm³/mol. The quantitative estimate of drug-likeness (QED) is 0.815. The molecule has 124 valence electrons. The molecule has 1 aromatic rings. The van der Waals surface area contributed by atoms with Crippen molar-refractivity contribution in [1.82, 2.24) is 0 Å². The van der Waals surface area contributed by atoms with E-state index in [0.29, 0.717) is 16.9 Å². The van der Waals surface area contributed by atoms with Crippen LogP contribution in [-0.2, 0) is 4.74 Å². The largest absolute Gasteiger partial charge is 0.444 e. The van der Waals surface area contributed by atoms with E-state index < -0.39 is 11.7 Å². The Labute approximate surface area is 137 Å². The van der Waals surface area contributed by atoms with Crippen LogP contribution in [0.4, 0.5) is 21.9 Å². The van der Waals surface area contributed by atoms with Crippen molar-refractivity contribution in [1.29, 1.82) is 5.26 Å². The molecule has 3 N–H and O–H groups in total.